The number of amides is 2. The van der Waals surface area contributed by atoms with Gasteiger partial charge >= 0.3 is 5.97 Å². The minimum Gasteiger partial charge on any atom is -0.477 e. The van der Waals surface area contributed by atoms with Gasteiger partial charge in [-0.2, -0.15) is 5.26 Å². The molecule has 1 aromatic carbocycles. The summed E-state index contributed by atoms with van der Waals surface area (Å²) in [7, 11) is 0. The number of carboxylic acids is 1. The van der Waals surface area contributed by atoms with E-state index in [0.717, 1.165) is 6.08 Å². The third-order valence-electron chi connectivity index (χ3n) is 2.14. The van der Waals surface area contributed by atoms with E-state index in [4.69, 9.17) is 10.4 Å². The number of rotatable bonds is 6. The van der Waals surface area contributed by atoms with E-state index in [-0.39, 0.29) is 5.69 Å². The van der Waals surface area contributed by atoms with Crippen molar-refractivity contribution in [1.29, 1.82) is 5.26 Å². The quantitative estimate of drug-likeness (QED) is 0.397. The van der Waals surface area contributed by atoms with Gasteiger partial charge in [-0.15, -0.1) is 0 Å². The molecule has 1 aromatic rings. The topological polar surface area (TPSA) is 119 Å². The molecular formula is C12H9N3O4. The molecule has 7 nitrogen and oxygen atoms in total. The maximum atomic E-state index is 10.7. The number of nitrogens with one attached hydrogen (secondary N) is 2. The van der Waals surface area contributed by atoms with Crippen LogP contribution < -0.4 is 10.6 Å². The maximum Gasteiger partial charge on any atom is 0.346 e. The zero-order valence-corrected chi connectivity index (χ0v) is 9.58. The van der Waals surface area contributed by atoms with Crippen molar-refractivity contribution in [3.63, 3.8) is 0 Å². The number of carbonyl (C=O) groups is 3. The van der Waals surface area contributed by atoms with Gasteiger partial charge in [0.2, 0.25) is 12.8 Å². The molecule has 0 saturated heterocycles. The summed E-state index contributed by atoms with van der Waals surface area (Å²) in [5.74, 6) is -1.37. The van der Waals surface area contributed by atoms with Crippen LogP contribution in [-0.2, 0) is 14.4 Å². The molecule has 1 rings (SSSR count). The van der Waals surface area contributed by atoms with E-state index in [1.165, 1.54) is 24.3 Å². The third-order valence-corrected chi connectivity index (χ3v) is 2.14. The molecule has 0 heterocycles. The first kappa shape index (κ1) is 13.9. The van der Waals surface area contributed by atoms with Crippen molar-refractivity contribution in [3.05, 3.63) is 29.3 Å². The molecule has 7 heteroatoms. The van der Waals surface area contributed by atoms with Gasteiger partial charge in [0.1, 0.15) is 11.6 Å². The number of anilines is 2. The van der Waals surface area contributed by atoms with E-state index in [1.807, 2.05) is 0 Å². The normalized spacial score (nSPS) is 10.2. The molecule has 3 N–H and O–H groups in total. The van der Waals surface area contributed by atoms with E-state index in [1.54, 1.807) is 0 Å². The lowest BCUT2D eigenvalue weighted by Crippen LogP contribution is -2.02. The number of carboxylic acid groups (broad SMARTS) is 1. The zero-order chi connectivity index (χ0) is 14.3. The Morgan fingerprint density at radius 3 is 2.47 bits per heavy atom. The molecule has 0 radical (unpaired) electrons. The van der Waals surface area contributed by atoms with Gasteiger partial charge in [-0.1, -0.05) is 6.07 Å². The van der Waals surface area contributed by atoms with Gasteiger partial charge in [0, 0.05) is 11.4 Å². The number of hydrogen-bond donors (Lipinski definition) is 3. The highest BCUT2D eigenvalue weighted by atomic mass is 16.4. The van der Waals surface area contributed by atoms with Crippen LogP contribution in [-0.4, -0.2) is 23.9 Å². The summed E-state index contributed by atoms with van der Waals surface area (Å²) in [5, 5.41) is 22.2. The number of hydrogen-bond acceptors (Lipinski definition) is 4. The van der Waals surface area contributed by atoms with E-state index >= 15 is 0 Å². The molecule has 0 aliphatic heterocycles. The van der Waals surface area contributed by atoms with E-state index in [9.17, 15) is 14.4 Å². The molecule has 0 unspecified atom stereocenters. The van der Waals surface area contributed by atoms with Crippen molar-refractivity contribution in [2.75, 3.05) is 10.6 Å². The van der Waals surface area contributed by atoms with Crippen molar-refractivity contribution in [2.45, 2.75) is 0 Å². The SMILES string of the molecule is N#CC(=Cc1ccc(NC=O)cc1NC=O)C(=O)O. The van der Waals surface area contributed by atoms with Crippen LogP contribution in [0.4, 0.5) is 11.4 Å². The Morgan fingerprint density at radius 2 is 1.95 bits per heavy atom. The van der Waals surface area contributed by atoms with Crippen LogP contribution >= 0.6 is 0 Å². The lowest BCUT2D eigenvalue weighted by molar-refractivity contribution is -0.132. The Labute approximate surface area is 108 Å². The van der Waals surface area contributed by atoms with Crippen LogP contribution in [0.3, 0.4) is 0 Å². The molecule has 2 amide bonds. The standard InChI is InChI=1S/C12H9N3O4/c13-5-9(12(18)19)3-8-1-2-10(14-6-16)4-11(8)15-7-17/h1-4,6-7H,(H,14,16)(H,15,17)(H,18,19). The van der Waals surface area contributed by atoms with Crippen LogP contribution in [0.1, 0.15) is 5.56 Å². The fourth-order valence-corrected chi connectivity index (χ4v) is 1.33. The van der Waals surface area contributed by atoms with Gasteiger partial charge in [0.05, 0.1) is 0 Å². The summed E-state index contributed by atoms with van der Waals surface area (Å²) in [4.78, 5) is 31.5. The average molecular weight is 259 g/mol. The van der Waals surface area contributed by atoms with Crippen molar-refractivity contribution < 1.29 is 19.5 Å². The predicted molar refractivity (Wildman–Crippen MR) is 67.0 cm³/mol. The second-order valence-corrected chi connectivity index (χ2v) is 3.30. The van der Waals surface area contributed by atoms with E-state index in [0.29, 0.717) is 24.1 Å². The fraction of sp³-hybridized carbons (Fsp3) is 0. The van der Waals surface area contributed by atoms with Gasteiger partial charge in [-0.05, 0) is 23.8 Å². The summed E-state index contributed by atoms with van der Waals surface area (Å²) in [6, 6.07) is 5.95. The number of nitrogens with zero attached hydrogens (tertiary/aromatic N) is 1. The van der Waals surface area contributed by atoms with Gasteiger partial charge in [-0.25, -0.2) is 4.79 Å². The Kier molecular flexibility index (Phi) is 4.81. The molecule has 0 aromatic heterocycles. The summed E-state index contributed by atoms with van der Waals surface area (Å²) in [6.45, 7) is 0. The van der Waals surface area contributed by atoms with Gasteiger partial charge in [0.15, 0.2) is 0 Å². The number of aliphatic carboxylic acids is 1. The highest BCUT2D eigenvalue weighted by Crippen LogP contribution is 2.22. The van der Waals surface area contributed by atoms with Crippen molar-refractivity contribution >= 4 is 36.2 Å². The fourth-order valence-electron chi connectivity index (χ4n) is 1.33. The highest BCUT2D eigenvalue weighted by Gasteiger charge is 2.08. The number of carbonyl (C=O) groups excluding carboxylic acids is 2. The van der Waals surface area contributed by atoms with E-state index in [2.05, 4.69) is 10.6 Å². The molecule has 0 saturated carbocycles. The molecular weight excluding hydrogens is 250 g/mol. The predicted octanol–water partition coefficient (Wildman–Crippen LogP) is 0.815. The first-order chi connectivity index (χ1) is 9.12. The monoisotopic (exact) mass is 259 g/mol. The highest BCUT2D eigenvalue weighted by molar-refractivity contribution is 5.98. The number of benzene rings is 1. The van der Waals surface area contributed by atoms with Gasteiger partial charge in [0.25, 0.3) is 0 Å². The Balaban J connectivity index is 3.27. The van der Waals surface area contributed by atoms with Crippen LogP contribution in [0.15, 0.2) is 23.8 Å². The third kappa shape index (κ3) is 3.67. The van der Waals surface area contributed by atoms with Crippen LogP contribution in [0.25, 0.3) is 6.08 Å². The average Bonchev–Trinajstić information content (AvgIpc) is 2.38. The molecule has 0 atom stereocenters. The second-order valence-electron chi connectivity index (χ2n) is 3.30. The summed E-state index contributed by atoms with van der Waals surface area (Å²) in [6.07, 6.45) is 2.00. The molecule has 0 bridgehead atoms. The minimum absolute atomic E-state index is 0.274. The van der Waals surface area contributed by atoms with Crippen LogP contribution in [0.5, 0.6) is 0 Å². The lowest BCUT2D eigenvalue weighted by Gasteiger charge is -2.07. The molecule has 0 aliphatic rings. The summed E-state index contributed by atoms with van der Waals surface area (Å²) >= 11 is 0. The molecule has 0 spiro atoms. The van der Waals surface area contributed by atoms with Crippen molar-refractivity contribution in [3.8, 4) is 6.07 Å². The zero-order valence-electron chi connectivity index (χ0n) is 9.58. The number of nitriles is 1. The van der Waals surface area contributed by atoms with E-state index < -0.39 is 11.5 Å². The largest absolute Gasteiger partial charge is 0.477 e. The second kappa shape index (κ2) is 6.56. The minimum atomic E-state index is -1.37. The van der Waals surface area contributed by atoms with Crippen molar-refractivity contribution in [2.24, 2.45) is 0 Å². The first-order valence-electron chi connectivity index (χ1n) is 5.02. The van der Waals surface area contributed by atoms with Gasteiger partial charge < -0.3 is 15.7 Å². The van der Waals surface area contributed by atoms with Gasteiger partial charge in [-0.3, -0.25) is 9.59 Å². The Bertz CT molecular complexity index is 587. The maximum absolute atomic E-state index is 10.7. The molecule has 0 fully saturated rings. The summed E-state index contributed by atoms with van der Waals surface area (Å²) in [5.41, 5.74) is 0.564. The van der Waals surface area contributed by atoms with Crippen molar-refractivity contribution in [1.82, 2.24) is 0 Å². The summed E-state index contributed by atoms with van der Waals surface area (Å²) < 4.78 is 0. The first-order valence-corrected chi connectivity index (χ1v) is 5.02. The molecule has 96 valence electrons. The van der Waals surface area contributed by atoms with Crippen LogP contribution in [0.2, 0.25) is 0 Å². The molecule has 0 aliphatic carbocycles. The smallest absolute Gasteiger partial charge is 0.346 e. The Morgan fingerprint density at radius 1 is 1.26 bits per heavy atom. The van der Waals surface area contributed by atoms with Crippen LogP contribution in [0, 0.1) is 11.3 Å². The lowest BCUT2D eigenvalue weighted by atomic mass is 10.1. The molecule has 19 heavy (non-hydrogen) atoms. The Hall–Kier alpha value is -3.14.